The van der Waals surface area contributed by atoms with Crippen molar-refractivity contribution in [3.8, 4) is 0 Å². The maximum Gasteiger partial charge on any atom is 0.240 e. The van der Waals surface area contributed by atoms with E-state index in [1.54, 1.807) is 17.0 Å². The molecule has 1 aliphatic heterocycles. The Morgan fingerprint density at radius 3 is 2.50 bits per heavy atom. The first kappa shape index (κ1) is 15.5. The van der Waals surface area contributed by atoms with Gasteiger partial charge in [-0.05, 0) is 55.4 Å². The van der Waals surface area contributed by atoms with Crippen molar-refractivity contribution in [2.45, 2.75) is 43.4 Å². The molecule has 1 aliphatic carbocycles. The van der Waals surface area contributed by atoms with Crippen LogP contribution in [0.15, 0.2) is 23.1 Å². The Hall–Kier alpha value is -1.40. The van der Waals surface area contributed by atoms with Crippen molar-refractivity contribution in [2.24, 2.45) is 0 Å². The molecular weight excluding hydrogens is 300 g/mol. The van der Waals surface area contributed by atoms with Crippen molar-refractivity contribution < 1.29 is 13.2 Å². The quantitative estimate of drug-likeness (QED) is 0.892. The number of sulfonamides is 1. The number of aryl methyl sites for hydroxylation is 2. The van der Waals surface area contributed by atoms with Crippen LogP contribution >= 0.6 is 0 Å². The molecule has 0 unspecified atom stereocenters. The fraction of sp³-hybridized carbons (Fsp3) is 0.562. The fourth-order valence-corrected chi connectivity index (χ4v) is 4.06. The highest BCUT2D eigenvalue weighted by molar-refractivity contribution is 7.89. The van der Waals surface area contributed by atoms with E-state index >= 15 is 0 Å². The maximum absolute atomic E-state index is 12.3. The average molecular weight is 322 g/mol. The summed E-state index contributed by atoms with van der Waals surface area (Å²) in [5.74, 6) is 0.0272. The van der Waals surface area contributed by atoms with Gasteiger partial charge in [-0.25, -0.2) is 13.1 Å². The molecule has 2 aliphatic rings. The monoisotopic (exact) mass is 322 g/mol. The van der Waals surface area contributed by atoms with E-state index in [-0.39, 0.29) is 18.9 Å². The van der Waals surface area contributed by atoms with Crippen LogP contribution in [0.25, 0.3) is 0 Å². The van der Waals surface area contributed by atoms with Gasteiger partial charge >= 0.3 is 0 Å². The first-order chi connectivity index (χ1) is 10.6. The Morgan fingerprint density at radius 1 is 1.09 bits per heavy atom. The van der Waals surface area contributed by atoms with E-state index in [9.17, 15) is 13.2 Å². The molecule has 1 heterocycles. The van der Waals surface area contributed by atoms with Gasteiger partial charge < -0.3 is 4.90 Å². The van der Waals surface area contributed by atoms with Gasteiger partial charge in [0.15, 0.2) is 0 Å². The highest BCUT2D eigenvalue weighted by atomic mass is 32.2. The van der Waals surface area contributed by atoms with Crippen LogP contribution in [-0.2, 0) is 27.7 Å². The van der Waals surface area contributed by atoms with Gasteiger partial charge in [-0.15, -0.1) is 0 Å². The van der Waals surface area contributed by atoms with Crippen molar-refractivity contribution in [3.63, 3.8) is 0 Å². The van der Waals surface area contributed by atoms with Gasteiger partial charge in [0.25, 0.3) is 0 Å². The number of amides is 1. The SMILES string of the molecule is O=C(CCNS(=O)(=O)c1ccc2c(c1)CCCC2)N1CCC1. The Labute approximate surface area is 131 Å². The normalized spacial score (nSPS) is 17.7. The summed E-state index contributed by atoms with van der Waals surface area (Å²) in [6.45, 7) is 1.77. The van der Waals surface area contributed by atoms with E-state index in [2.05, 4.69) is 4.72 Å². The largest absolute Gasteiger partial charge is 0.343 e. The predicted octanol–water partition coefficient (Wildman–Crippen LogP) is 1.47. The molecule has 0 bridgehead atoms. The summed E-state index contributed by atoms with van der Waals surface area (Å²) in [5, 5.41) is 0. The van der Waals surface area contributed by atoms with Crippen LogP contribution in [0.4, 0.5) is 0 Å². The summed E-state index contributed by atoms with van der Waals surface area (Å²) in [5.41, 5.74) is 2.41. The van der Waals surface area contributed by atoms with Crippen LogP contribution in [0.1, 0.15) is 36.8 Å². The van der Waals surface area contributed by atoms with E-state index < -0.39 is 10.0 Å². The summed E-state index contributed by atoms with van der Waals surface area (Å²) in [6.07, 6.45) is 5.56. The zero-order valence-corrected chi connectivity index (χ0v) is 13.5. The molecule has 1 N–H and O–H groups in total. The third-order valence-corrected chi connectivity index (χ3v) is 5.93. The fourth-order valence-electron chi connectivity index (χ4n) is 2.98. The Morgan fingerprint density at radius 2 is 1.82 bits per heavy atom. The number of likely N-dealkylation sites (tertiary alicyclic amines) is 1. The lowest BCUT2D eigenvalue weighted by Gasteiger charge is -2.30. The molecule has 3 rings (SSSR count). The van der Waals surface area contributed by atoms with Crippen LogP contribution in [0.3, 0.4) is 0 Å². The maximum atomic E-state index is 12.3. The second-order valence-electron chi connectivity index (χ2n) is 6.02. The molecule has 0 spiro atoms. The van der Waals surface area contributed by atoms with Crippen molar-refractivity contribution in [1.29, 1.82) is 0 Å². The van der Waals surface area contributed by atoms with Gasteiger partial charge in [-0.1, -0.05) is 6.07 Å². The first-order valence-corrected chi connectivity index (χ1v) is 9.44. The molecule has 0 saturated carbocycles. The highest BCUT2D eigenvalue weighted by Crippen LogP contribution is 2.24. The Bertz CT molecular complexity index is 666. The van der Waals surface area contributed by atoms with Gasteiger partial charge in [-0.3, -0.25) is 4.79 Å². The van der Waals surface area contributed by atoms with E-state index in [1.165, 1.54) is 12.0 Å². The first-order valence-electron chi connectivity index (χ1n) is 7.95. The highest BCUT2D eigenvalue weighted by Gasteiger charge is 2.21. The third-order valence-electron chi connectivity index (χ3n) is 4.47. The van der Waals surface area contributed by atoms with E-state index in [4.69, 9.17) is 0 Å². The number of fused-ring (bicyclic) bond motifs is 1. The van der Waals surface area contributed by atoms with Crippen molar-refractivity contribution in [1.82, 2.24) is 9.62 Å². The minimum atomic E-state index is -3.52. The molecular formula is C16H22N2O3S. The van der Waals surface area contributed by atoms with Gasteiger partial charge in [0.2, 0.25) is 15.9 Å². The predicted molar refractivity (Wildman–Crippen MR) is 84.1 cm³/mol. The summed E-state index contributed by atoms with van der Waals surface area (Å²) in [4.78, 5) is 13.8. The van der Waals surface area contributed by atoms with Crippen LogP contribution in [0.5, 0.6) is 0 Å². The number of carbonyl (C=O) groups excluding carboxylic acids is 1. The zero-order valence-electron chi connectivity index (χ0n) is 12.7. The number of benzene rings is 1. The van der Waals surface area contributed by atoms with Crippen LogP contribution in [-0.4, -0.2) is 38.9 Å². The number of hydrogen-bond acceptors (Lipinski definition) is 3. The van der Waals surface area contributed by atoms with Crippen molar-refractivity contribution >= 4 is 15.9 Å². The van der Waals surface area contributed by atoms with Crippen molar-refractivity contribution in [3.05, 3.63) is 29.3 Å². The van der Waals surface area contributed by atoms with Gasteiger partial charge in [0.05, 0.1) is 4.90 Å². The zero-order chi connectivity index (χ0) is 15.6. The lowest BCUT2D eigenvalue weighted by molar-refractivity contribution is -0.134. The molecule has 1 saturated heterocycles. The second-order valence-corrected chi connectivity index (χ2v) is 7.79. The molecule has 22 heavy (non-hydrogen) atoms. The van der Waals surface area contributed by atoms with Crippen LogP contribution in [0.2, 0.25) is 0 Å². The minimum Gasteiger partial charge on any atom is -0.343 e. The third kappa shape index (κ3) is 3.33. The van der Waals surface area contributed by atoms with Crippen molar-refractivity contribution in [2.75, 3.05) is 19.6 Å². The Kier molecular flexibility index (Phi) is 4.49. The topological polar surface area (TPSA) is 66.5 Å². The van der Waals surface area contributed by atoms with Crippen LogP contribution in [0, 0.1) is 0 Å². The van der Waals surface area contributed by atoms with Crippen LogP contribution < -0.4 is 4.72 Å². The van der Waals surface area contributed by atoms with E-state index in [0.29, 0.717) is 4.90 Å². The molecule has 0 atom stereocenters. The summed E-state index contributed by atoms with van der Waals surface area (Å²) >= 11 is 0. The number of hydrogen-bond donors (Lipinski definition) is 1. The molecule has 6 heteroatoms. The second kappa shape index (κ2) is 6.38. The summed E-state index contributed by atoms with van der Waals surface area (Å²) < 4.78 is 27.2. The average Bonchev–Trinajstić information content (AvgIpc) is 2.44. The lowest BCUT2D eigenvalue weighted by Crippen LogP contribution is -2.43. The number of nitrogens with one attached hydrogen (secondary N) is 1. The van der Waals surface area contributed by atoms with Gasteiger partial charge in [-0.2, -0.15) is 0 Å². The molecule has 1 amide bonds. The number of carbonyl (C=O) groups is 1. The summed E-state index contributed by atoms with van der Waals surface area (Å²) in [7, 11) is -3.52. The van der Waals surface area contributed by atoms with E-state index in [0.717, 1.165) is 44.3 Å². The standard InChI is InChI=1S/C16H22N2O3S/c19-16(18-10-3-11-18)8-9-17-22(20,21)15-7-6-13-4-1-2-5-14(13)12-15/h6-7,12,17H,1-5,8-11H2. The van der Waals surface area contributed by atoms with Gasteiger partial charge in [0.1, 0.15) is 0 Å². The molecule has 1 fully saturated rings. The molecule has 1 aromatic rings. The lowest BCUT2D eigenvalue weighted by atomic mass is 9.92. The summed E-state index contributed by atoms with van der Waals surface area (Å²) in [6, 6.07) is 5.38. The molecule has 0 aromatic heterocycles. The number of nitrogens with zero attached hydrogens (tertiary/aromatic N) is 1. The number of rotatable bonds is 5. The molecule has 5 nitrogen and oxygen atoms in total. The molecule has 120 valence electrons. The minimum absolute atomic E-state index is 0.0272. The molecule has 0 radical (unpaired) electrons. The Balaban J connectivity index is 1.61. The smallest absolute Gasteiger partial charge is 0.240 e. The van der Waals surface area contributed by atoms with E-state index in [1.807, 2.05) is 6.07 Å². The molecule has 1 aromatic carbocycles. The van der Waals surface area contributed by atoms with Gasteiger partial charge in [0, 0.05) is 26.1 Å².